The van der Waals surface area contributed by atoms with Gasteiger partial charge in [0.2, 0.25) is 0 Å². The van der Waals surface area contributed by atoms with Crippen LogP contribution in [-0.2, 0) is 22.5 Å². The Hall–Kier alpha value is -3.44. The first-order valence-electron chi connectivity index (χ1n) is 11.0. The summed E-state index contributed by atoms with van der Waals surface area (Å²) in [4.78, 5) is 32.8. The summed E-state index contributed by atoms with van der Waals surface area (Å²) in [5.41, 5.74) is 2.63. The molecule has 1 saturated heterocycles. The molecule has 2 amide bonds. The zero-order valence-corrected chi connectivity index (χ0v) is 19.7. The minimum absolute atomic E-state index is 0.149. The van der Waals surface area contributed by atoms with Crippen LogP contribution < -0.4 is 14.8 Å². The lowest BCUT2D eigenvalue weighted by atomic mass is 10.1. The third-order valence-corrected chi connectivity index (χ3v) is 6.96. The lowest BCUT2D eigenvalue weighted by Gasteiger charge is -2.25. The first-order chi connectivity index (χ1) is 16.6. The number of rotatable bonds is 6. The average Bonchev–Trinajstić information content (AvgIpc) is 3.63. The van der Waals surface area contributed by atoms with E-state index in [0.717, 1.165) is 29.0 Å². The standard InChI is InChI=1S/C23H25N5O5S/c1-31-13-5-6-18(32-2)14(10-13)16-11-17(27-26-16)22(30)28-8-7-15-20(12-28)34-23(24-15)25-21(29)19-4-3-9-33-19/h5-6,10-11,19H,3-4,7-9,12H2,1-2H3,(H,26,27)(H,24,25,29). The van der Waals surface area contributed by atoms with Crippen LogP contribution in [0.25, 0.3) is 11.3 Å². The summed E-state index contributed by atoms with van der Waals surface area (Å²) >= 11 is 1.40. The highest BCUT2D eigenvalue weighted by Crippen LogP contribution is 2.33. The molecule has 2 aliphatic heterocycles. The van der Waals surface area contributed by atoms with Gasteiger partial charge in [-0.3, -0.25) is 20.0 Å². The van der Waals surface area contributed by atoms with Gasteiger partial charge in [0, 0.05) is 30.0 Å². The summed E-state index contributed by atoms with van der Waals surface area (Å²) in [5, 5.41) is 10.6. The van der Waals surface area contributed by atoms with Gasteiger partial charge in [0.05, 0.1) is 32.2 Å². The highest BCUT2D eigenvalue weighted by molar-refractivity contribution is 7.15. The Morgan fingerprint density at radius 2 is 2.15 bits per heavy atom. The molecule has 0 bridgehead atoms. The van der Waals surface area contributed by atoms with Crippen LogP contribution in [0.4, 0.5) is 5.13 Å². The number of aromatic nitrogens is 3. The molecule has 5 rings (SSSR count). The van der Waals surface area contributed by atoms with Crippen LogP contribution in [0.1, 0.15) is 33.9 Å². The largest absolute Gasteiger partial charge is 0.497 e. The molecule has 10 nitrogen and oxygen atoms in total. The van der Waals surface area contributed by atoms with Crippen LogP contribution in [0, 0.1) is 0 Å². The Labute approximate surface area is 200 Å². The number of thiazole rings is 1. The van der Waals surface area contributed by atoms with E-state index in [4.69, 9.17) is 14.2 Å². The summed E-state index contributed by atoms with van der Waals surface area (Å²) in [6.07, 6.45) is 1.84. The molecule has 1 atom stereocenters. The highest BCUT2D eigenvalue weighted by atomic mass is 32.1. The summed E-state index contributed by atoms with van der Waals surface area (Å²) in [5.74, 6) is 0.998. The number of fused-ring (bicyclic) bond motifs is 1. The van der Waals surface area contributed by atoms with Gasteiger partial charge in [0.25, 0.3) is 11.8 Å². The Bertz CT molecular complexity index is 1220. The normalized spacial score (nSPS) is 17.4. The van der Waals surface area contributed by atoms with Crippen molar-refractivity contribution in [3.63, 3.8) is 0 Å². The van der Waals surface area contributed by atoms with Crippen LogP contribution in [0.5, 0.6) is 11.5 Å². The second-order valence-electron chi connectivity index (χ2n) is 8.09. The van der Waals surface area contributed by atoms with E-state index >= 15 is 0 Å². The third-order valence-electron chi connectivity index (χ3n) is 5.96. The summed E-state index contributed by atoms with van der Waals surface area (Å²) < 4.78 is 16.2. The van der Waals surface area contributed by atoms with Gasteiger partial charge in [0.1, 0.15) is 23.3 Å². The third kappa shape index (κ3) is 4.36. The minimum atomic E-state index is -0.406. The molecule has 3 aromatic rings. The van der Waals surface area contributed by atoms with Crippen molar-refractivity contribution in [1.29, 1.82) is 0 Å². The van der Waals surface area contributed by atoms with Crippen molar-refractivity contribution in [3.05, 3.63) is 40.5 Å². The van der Waals surface area contributed by atoms with Crippen molar-refractivity contribution < 1.29 is 23.8 Å². The number of H-pyrrole nitrogens is 1. The van der Waals surface area contributed by atoms with Gasteiger partial charge in [-0.2, -0.15) is 5.10 Å². The Balaban J connectivity index is 1.29. The maximum absolute atomic E-state index is 13.2. The number of methoxy groups -OCH3 is 2. The van der Waals surface area contributed by atoms with Gasteiger partial charge < -0.3 is 19.1 Å². The molecule has 11 heteroatoms. The van der Waals surface area contributed by atoms with Crippen LogP contribution >= 0.6 is 11.3 Å². The predicted octanol–water partition coefficient (Wildman–Crippen LogP) is 2.87. The topological polar surface area (TPSA) is 119 Å². The van der Waals surface area contributed by atoms with Crippen LogP contribution in [-0.4, -0.2) is 65.4 Å². The molecular formula is C23H25N5O5S. The van der Waals surface area contributed by atoms with E-state index in [0.29, 0.717) is 54.1 Å². The Morgan fingerprint density at radius 3 is 2.91 bits per heavy atom. The fourth-order valence-electron chi connectivity index (χ4n) is 4.15. The molecule has 0 saturated carbocycles. The quantitative estimate of drug-likeness (QED) is 0.553. The van der Waals surface area contributed by atoms with Crippen LogP contribution in [0.2, 0.25) is 0 Å². The number of nitrogens with one attached hydrogen (secondary N) is 2. The number of hydrogen-bond donors (Lipinski definition) is 2. The van der Waals surface area contributed by atoms with Crippen LogP contribution in [0.15, 0.2) is 24.3 Å². The molecule has 0 radical (unpaired) electrons. The maximum Gasteiger partial charge on any atom is 0.272 e. The van der Waals surface area contributed by atoms with Crippen molar-refractivity contribution in [2.75, 3.05) is 32.7 Å². The molecule has 34 heavy (non-hydrogen) atoms. The summed E-state index contributed by atoms with van der Waals surface area (Å²) in [7, 11) is 3.18. The smallest absolute Gasteiger partial charge is 0.272 e. The van der Waals surface area contributed by atoms with E-state index in [2.05, 4.69) is 20.5 Å². The number of hydrogen-bond acceptors (Lipinski definition) is 8. The number of ether oxygens (including phenoxy) is 3. The van der Waals surface area contributed by atoms with Crippen molar-refractivity contribution >= 4 is 28.3 Å². The maximum atomic E-state index is 13.2. The van der Waals surface area contributed by atoms with Crippen molar-refractivity contribution in [1.82, 2.24) is 20.1 Å². The van der Waals surface area contributed by atoms with E-state index < -0.39 is 6.10 Å². The van der Waals surface area contributed by atoms with E-state index in [9.17, 15) is 9.59 Å². The number of anilines is 1. The predicted molar refractivity (Wildman–Crippen MR) is 125 cm³/mol. The molecule has 2 aromatic heterocycles. The number of amides is 2. The van der Waals surface area contributed by atoms with Gasteiger partial charge >= 0.3 is 0 Å². The molecule has 1 unspecified atom stereocenters. The minimum Gasteiger partial charge on any atom is -0.497 e. The fourth-order valence-corrected chi connectivity index (χ4v) is 5.17. The van der Waals surface area contributed by atoms with Gasteiger partial charge in [-0.25, -0.2) is 4.98 Å². The SMILES string of the molecule is COc1ccc(OC)c(-c2cc(C(=O)N3CCc4nc(NC(=O)C5CCCO5)sc4C3)[nH]n2)c1. The number of carbonyl (C=O) groups is 2. The first-order valence-corrected chi connectivity index (χ1v) is 11.9. The lowest BCUT2D eigenvalue weighted by molar-refractivity contribution is -0.124. The fraction of sp³-hybridized carbons (Fsp3) is 0.391. The zero-order chi connectivity index (χ0) is 23.7. The van der Waals surface area contributed by atoms with Crippen LogP contribution in [0.3, 0.4) is 0 Å². The summed E-state index contributed by atoms with van der Waals surface area (Å²) in [6, 6.07) is 7.14. The zero-order valence-electron chi connectivity index (χ0n) is 18.9. The molecule has 0 spiro atoms. The van der Waals surface area contributed by atoms with Crippen molar-refractivity contribution in [2.45, 2.75) is 31.9 Å². The van der Waals surface area contributed by atoms with E-state index in [-0.39, 0.29) is 11.8 Å². The molecule has 0 aliphatic carbocycles. The monoisotopic (exact) mass is 483 g/mol. The molecule has 178 valence electrons. The second-order valence-corrected chi connectivity index (χ2v) is 9.17. The van der Waals surface area contributed by atoms with Crippen molar-refractivity contribution in [3.8, 4) is 22.8 Å². The molecule has 2 aliphatic rings. The molecule has 4 heterocycles. The number of aromatic amines is 1. The Kier molecular flexibility index (Phi) is 6.20. The van der Waals surface area contributed by atoms with Gasteiger partial charge in [-0.05, 0) is 37.1 Å². The summed E-state index contributed by atoms with van der Waals surface area (Å²) in [6.45, 7) is 1.58. The van der Waals surface area contributed by atoms with Gasteiger partial charge in [-0.1, -0.05) is 11.3 Å². The number of carbonyl (C=O) groups excluding carboxylic acids is 2. The van der Waals surface area contributed by atoms with Crippen molar-refractivity contribution in [2.24, 2.45) is 0 Å². The van der Waals surface area contributed by atoms with E-state index in [1.54, 1.807) is 37.3 Å². The lowest BCUT2D eigenvalue weighted by Crippen LogP contribution is -2.35. The van der Waals surface area contributed by atoms with E-state index in [1.807, 2.05) is 6.07 Å². The molecule has 1 fully saturated rings. The molecule has 1 aromatic carbocycles. The second kappa shape index (κ2) is 9.43. The number of benzene rings is 1. The highest BCUT2D eigenvalue weighted by Gasteiger charge is 2.28. The number of nitrogens with zero attached hydrogens (tertiary/aromatic N) is 3. The van der Waals surface area contributed by atoms with E-state index in [1.165, 1.54) is 11.3 Å². The first kappa shape index (κ1) is 22.4. The molecule has 2 N–H and O–H groups in total. The van der Waals surface area contributed by atoms with Gasteiger partial charge in [0.15, 0.2) is 5.13 Å². The average molecular weight is 484 g/mol. The van der Waals surface area contributed by atoms with Gasteiger partial charge in [-0.15, -0.1) is 0 Å². The Morgan fingerprint density at radius 1 is 1.26 bits per heavy atom. The molecular weight excluding hydrogens is 458 g/mol.